The molecule has 0 spiro atoms. The van der Waals surface area contributed by atoms with E-state index in [1.165, 1.54) is 4.90 Å². The van der Waals surface area contributed by atoms with Crippen molar-refractivity contribution in [2.24, 2.45) is 11.8 Å². The summed E-state index contributed by atoms with van der Waals surface area (Å²) in [6.07, 6.45) is 8.81. The van der Waals surface area contributed by atoms with Gasteiger partial charge < -0.3 is 5.32 Å². The van der Waals surface area contributed by atoms with Crippen molar-refractivity contribution in [1.29, 1.82) is 0 Å². The van der Waals surface area contributed by atoms with E-state index in [1.54, 1.807) is 12.1 Å². The van der Waals surface area contributed by atoms with E-state index in [0.717, 1.165) is 68.7 Å². The maximum atomic E-state index is 13.6. The van der Waals surface area contributed by atoms with Crippen molar-refractivity contribution in [1.82, 2.24) is 10.2 Å². The Hall–Kier alpha value is -2.69. The van der Waals surface area contributed by atoms with E-state index in [0.29, 0.717) is 33.9 Å². The number of hydrogen-bond acceptors (Lipinski definition) is 3. The molecule has 5 nitrogen and oxygen atoms in total. The van der Waals surface area contributed by atoms with Crippen LogP contribution in [0.4, 0.5) is 0 Å². The minimum Gasteiger partial charge on any atom is -0.349 e. The highest BCUT2D eigenvalue weighted by Gasteiger charge is 2.39. The lowest BCUT2D eigenvalue weighted by Gasteiger charge is -2.37. The van der Waals surface area contributed by atoms with E-state index in [9.17, 15) is 14.4 Å². The summed E-state index contributed by atoms with van der Waals surface area (Å²) in [5.41, 5.74) is 2.70. The summed E-state index contributed by atoms with van der Waals surface area (Å²) in [4.78, 5) is 42.2. The molecule has 2 aliphatic carbocycles. The number of aryl methyl sites for hydroxylation is 1. The molecule has 5 heteroatoms. The molecular weight excluding hydrogens is 424 g/mol. The zero-order valence-corrected chi connectivity index (χ0v) is 20.7. The zero-order valence-electron chi connectivity index (χ0n) is 20.7. The molecule has 0 aromatic heterocycles. The van der Waals surface area contributed by atoms with Gasteiger partial charge in [0.2, 0.25) is 0 Å². The Morgan fingerprint density at radius 3 is 1.97 bits per heavy atom. The van der Waals surface area contributed by atoms with E-state index < -0.39 is 0 Å². The first-order valence-electron chi connectivity index (χ1n) is 13.2. The molecule has 3 amide bonds. The number of nitrogens with one attached hydrogen (secondary N) is 1. The quantitative estimate of drug-likeness (QED) is 0.579. The van der Waals surface area contributed by atoms with Gasteiger partial charge >= 0.3 is 0 Å². The molecule has 5 rings (SSSR count). The molecule has 0 atom stereocenters. The van der Waals surface area contributed by atoms with Crippen LogP contribution in [0.1, 0.15) is 109 Å². The largest absolute Gasteiger partial charge is 0.349 e. The number of imide groups is 1. The minimum atomic E-state index is -0.205. The van der Waals surface area contributed by atoms with Gasteiger partial charge in [0.15, 0.2) is 0 Å². The lowest BCUT2D eigenvalue weighted by Crippen LogP contribution is -2.48. The Morgan fingerprint density at radius 1 is 0.824 bits per heavy atom. The number of hydrogen-bond donors (Lipinski definition) is 1. The Labute approximate surface area is 202 Å². The van der Waals surface area contributed by atoms with E-state index in [4.69, 9.17) is 0 Å². The van der Waals surface area contributed by atoms with Crippen LogP contribution in [0.3, 0.4) is 0 Å². The van der Waals surface area contributed by atoms with Gasteiger partial charge in [-0.05, 0) is 98.8 Å². The molecule has 180 valence electrons. The van der Waals surface area contributed by atoms with Crippen molar-refractivity contribution in [3.05, 3.63) is 46.5 Å². The normalized spacial score (nSPS) is 27.2. The van der Waals surface area contributed by atoms with Crippen LogP contribution >= 0.6 is 0 Å². The summed E-state index contributed by atoms with van der Waals surface area (Å²) in [7, 11) is 0. The lowest BCUT2D eigenvalue weighted by atomic mass is 9.83. The Kier molecular flexibility index (Phi) is 6.22. The van der Waals surface area contributed by atoms with Crippen LogP contribution in [-0.2, 0) is 6.42 Å². The molecule has 2 fully saturated rings. The predicted octanol–water partition coefficient (Wildman–Crippen LogP) is 5.89. The van der Waals surface area contributed by atoms with Crippen LogP contribution in [0.15, 0.2) is 24.3 Å². The minimum absolute atomic E-state index is 0.0399. The fourth-order valence-corrected chi connectivity index (χ4v) is 6.26. The highest BCUT2D eigenvalue weighted by Crippen LogP contribution is 2.38. The molecule has 2 aromatic carbocycles. The monoisotopic (exact) mass is 460 g/mol. The lowest BCUT2D eigenvalue weighted by molar-refractivity contribution is 0.0487. The molecule has 0 unspecified atom stereocenters. The van der Waals surface area contributed by atoms with Gasteiger partial charge in [-0.25, -0.2) is 0 Å². The average Bonchev–Trinajstić information content (AvgIpc) is 2.84. The Balaban J connectivity index is 1.54. The number of carbonyl (C=O) groups is 3. The van der Waals surface area contributed by atoms with Crippen molar-refractivity contribution >= 4 is 28.5 Å². The van der Waals surface area contributed by atoms with E-state index in [-0.39, 0.29) is 29.8 Å². The molecule has 0 saturated heterocycles. The average molecular weight is 461 g/mol. The third-order valence-corrected chi connectivity index (χ3v) is 8.47. The Bertz CT molecular complexity index is 1120. The maximum absolute atomic E-state index is 13.6. The predicted molar refractivity (Wildman–Crippen MR) is 134 cm³/mol. The Morgan fingerprint density at radius 2 is 1.38 bits per heavy atom. The van der Waals surface area contributed by atoms with Gasteiger partial charge in [-0.3, -0.25) is 19.3 Å². The van der Waals surface area contributed by atoms with Gasteiger partial charge in [-0.2, -0.15) is 0 Å². The summed E-state index contributed by atoms with van der Waals surface area (Å²) in [5, 5.41) is 4.68. The zero-order chi connectivity index (χ0) is 24.0. The number of amides is 3. The van der Waals surface area contributed by atoms with Crippen LogP contribution < -0.4 is 5.32 Å². The standard InChI is InChI=1S/C29H36N2O3/c1-4-19-9-14-23-26-24(29(34)31(28(23)33)21-12-7-18(3)8-13-21)16-15-22(25(19)26)27(32)30-20-10-5-17(2)6-11-20/h9,14-18,20-21H,4-8,10-13H2,1-3H3,(H,30,32). The fraction of sp³-hybridized carbons (Fsp3) is 0.552. The topological polar surface area (TPSA) is 66.5 Å². The molecular formula is C29H36N2O3. The van der Waals surface area contributed by atoms with E-state index in [2.05, 4.69) is 26.1 Å². The van der Waals surface area contributed by atoms with Crippen LogP contribution in [0.2, 0.25) is 0 Å². The van der Waals surface area contributed by atoms with Crippen molar-refractivity contribution in [3.63, 3.8) is 0 Å². The molecule has 3 aliphatic rings. The first kappa shape index (κ1) is 23.1. The summed E-state index contributed by atoms with van der Waals surface area (Å²) in [6, 6.07) is 7.55. The van der Waals surface area contributed by atoms with Gasteiger partial charge in [0.05, 0.1) is 0 Å². The van der Waals surface area contributed by atoms with E-state index >= 15 is 0 Å². The number of rotatable bonds is 4. The second-order valence-electron chi connectivity index (χ2n) is 10.9. The van der Waals surface area contributed by atoms with Crippen LogP contribution in [-0.4, -0.2) is 34.7 Å². The van der Waals surface area contributed by atoms with Gasteiger partial charge in [-0.15, -0.1) is 0 Å². The highest BCUT2D eigenvalue weighted by molar-refractivity contribution is 6.28. The second kappa shape index (κ2) is 9.16. The number of carbonyl (C=O) groups excluding carboxylic acids is 3. The summed E-state index contributed by atoms with van der Waals surface area (Å²) in [6.45, 7) is 6.55. The maximum Gasteiger partial charge on any atom is 0.261 e. The van der Waals surface area contributed by atoms with Crippen LogP contribution in [0.25, 0.3) is 10.8 Å². The van der Waals surface area contributed by atoms with Gasteiger partial charge in [0.25, 0.3) is 17.7 Å². The molecule has 1 heterocycles. The molecule has 1 N–H and O–H groups in total. The van der Waals surface area contributed by atoms with Gasteiger partial charge in [0.1, 0.15) is 0 Å². The van der Waals surface area contributed by atoms with Crippen molar-refractivity contribution in [2.45, 2.75) is 90.6 Å². The third kappa shape index (κ3) is 3.93. The van der Waals surface area contributed by atoms with Gasteiger partial charge in [-0.1, -0.05) is 26.8 Å². The number of benzene rings is 2. The molecule has 0 radical (unpaired) electrons. The first-order chi connectivity index (χ1) is 16.4. The highest BCUT2D eigenvalue weighted by atomic mass is 16.2. The SMILES string of the molecule is CCc1ccc2c3c(ccc(C(=O)NC4CCC(C)CC4)c13)C(=O)N(C1CCC(C)CC1)C2=O. The molecule has 34 heavy (non-hydrogen) atoms. The van der Waals surface area contributed by atoms with E-state index in [1.807, 2.05) is 12.1 Å². The number of nitrogens with zero attached hydrogens (tertiary/aromatic N) is 1. The van der Waals surface area contributed by atoms with Crippen LogP contribution in [0, 0.1) is 11.8 Å². The smallest absolute Gasteiger partial charge is 0.261 e. The third-order valence-electron chi connectivity index (χ3n) is 8.47. The summed E-state index contributed by atoms with van der Waals surface area (Å²) in [5.74, 6) is 0.851. The van der Waals surface area contributed by atoms with Crippen molar-refractivity contribution in [2.75, 3.05) is 0 Å². The fourth-order valence-electron chi connectivity index (χ4n) is 6.26. The molecule has 2 saturated carbocycles. The van der Waals surface area contributed by atoms with Crippen LogP contribution in [0.5, 0.6) is 0 Å². The molecule has 2 aromatic rings. The van der Waals surface area contributed by atoms with Crippen molar-refractivity contribution < 1.29 is 14.4 Å². The summed E-state index contributed by atoms with van der Waals surface area (Å²) < 4.78 is 0. The first-order valence-corrected chi connectivity index (χ1v) is 13.2. The summed E-state index contributed by atoms with van der Waals surface area (Å²) >= 11 is 0. The molecule has 1 aliphatic heterocycles. The van der Waals surface area contributed by atoms with Gasteiger partial charge in [0, 0.05) is 34.2 Å². The van der Waals surface area contributed by atoms with Crippen molar-refractivity contribution in [3.8, 4) is 0 Å². The second-order valence-corrected chi connectivity index (χ2v) is 10.9. The molecule has 0 bridgehead atoms.